The van der Waals surface area contributed by atoms with Gasteiger partial charge in [-0.3, -0.25) is 0 Å². The highest BCUT2D eigenvalue weighted by atomic mass is 14.5. The van der Waals surface area contributed by atoms with Crippen molar-refractivity contribution in [2.75, 3.05) is 5.73 Å². The molecule has 0 saturated heterocycles. The smallest absolute Gasteiger partial charge is 0.0319 e. The molecule has 0 amide bonds. The topological polar surface area (TPSA) is 26.0 Å². The highest BCUT2D eigenvalue weighted by Gasteiger charge is 1.88. The number of benzene rings is 2. The lowest BCUT2D eigenvalue weighted by molar-refractivity contribution is 1.64. The van der Waals surface area contributed by atoms with Crippen LogP contribution in [0, 0.1) is 0 Å². The molecule has 0 heterocycles. The first-order valence-electron chi connectivity index (χ1n) is 4.93. The van der Waals surface area contributed by atoms with Gasteiger partial charge in [0.2, 0.25) is 0 Å². The predicted molar refractivity (Wildman–Crippen MR) is 66.2 cm³/mol. The van der Waals surface area contributed by atoms with Gasteiger partial charge in [0, 0.05) is 5.69 Å². The molecule has 2 aromatic carbocycles. The Labute approximate surface area is 89.9 Å². The number of nitrogen functional groups attached to an aromatic ring is 1. The van der Waals surface area contributed by atoms with E-state index >= 15 is 0 Å². The molecule has 0 aliphatic heterocycles. The van der Waals surface area contributed by atoms with E-state index in [1.165, 1.54) is 5.56 Å². The summed E-state index contributed by atoms with van der Waals surface area (Å²) in [6.07, 6.45) is 4.14. The Balaban J connectivity index is 2.19. The molecule has 15 heavy (non-hydrogen) atoms. The molecule has 1 heteroatoms. The van der Waals surface area contributed by atoms with Gasteiger partial charge in [-0.05, 0) is 23.3 Å². The van der Waals surface area contributed by atoms with E-state index < -0.39 is 0 Å². The Bertz CT molecular complexity index is 458. The lowest BCUT2D eigenvalue weighted by atomic mass is 10.1. The Morgan fingerprint density at radius 1 is 0.733 bits per heavy atom. The molecule has 0 fully saturated rings. The first-order valence-corrected chi connectivity index (χ1v) is 4.93. The summed E-state index contributed by atoms with van der Waals surface area (Å²) in [6, 6.07) is 18.1. The molecule has 1 nitrogen and oxygen atoms in total. The van der Waals surface area contributed by atoms with Gasteiger partial charge in [0.05, 0.1) is 0 Å². The van der Waals surface area contributed by atoms with Crippen molar-refractivity contribution in [3.05, 3.63) is 65.7 Å². The van der Waals surface area contributed by atoms with E-state index in [0.717, 1.165) is 11.3 Å². The van der Waals surface area contributed by atoms with Crippen molar-refractivity contribution in [3.8, 4) is 0 Å². The first-order chi connectivity index (χ1) is 7.34. The van der Waals surface area contributed by atoms with Crippen LogP contribution in [0.3, 0.4) is 0 Å². The van der Waals surface area contributed by atoms with E-state index in [4.69, 9.17) is 5.73 Å². The minimum Gasteiger partial charge on any atom is -0.399 e. The van der Waals surface area contributed by atoms with Gasteiger partial charge >= 0.3 is 0 Å². The van der Waals surface area contributed by atoms with E-state index in [0.29, 0.717) is 0 Å². The maximum Gasteiger partial charge on any atom is 0.0319 e. The Kier molecular flexibility index (Phi) is 2.84. The van der Waals surface area contributed by atoms with Crippen LogP contribution >= 0.6 is 0 Å². The van der Waals surface area contributed by atoms with Gasteiger partial charge < -0.3 is 5.73 Å². The van der Waals surface area contributed by atoms with Crippen LogP contribution in [0.5, 0.6) is 0 Å². The van der Waals surface area contributed by atoms with Gasteiger partial charge in [-0.25, -0.2) is 0 Å². The maximum atomic E-state index is 5.69. The molecular formula is C14H13N. The van der Waals surface area contributed by atoms with E-state index in [9.17, 15) is 0 Å². The molecule has 0 atom stereocenters. The second-order valence-corrected chi connectivity index (χ2v) is 3.41. The molecule has 0 spiro atoms. The van der Waals surface area contributed by atoms with Crippen LogP contribution in [0.2, 0.25) is 0 Å². The second-order valence-electron chi connectivity index (χ2n) is 3.41. The van der Waals surface area contributed by atoms with Gasteiger partial charge in [0.1, 0.15) is 0 Å². The van der Waals surface area contributed by atoms with Crippen LogP contribution in [-0.2, 0) is 0 Å². The summed E-state index contributed by atoms with van der Waals surface area (Å²) in [4.78, 5) is 0. The number of hydrogen-bond acceptors (Lipinski definition) is 1. The van der Waals surface area contributed by atoms with E-state index in [1.807, 2.05) is 42.5 Å². The highest BCUT2D eigenvalue weighted by Crippen LogP contribution is 2.10. The molecule has 2 rings (SSSR count). The monoisotopic (exact) mass is 195 g/mol. The van der Waals surface area contributed by atoms with Crippen LogP contribution in [-0.4, -0.2) is 0 Å². The molecule has 0 aromatic heterocycles. The quantitative estimate of drug-likeness (QED) is 0.576. The van der Waals surface area contributed by atoms with E-state index in [1.54, 1.807) is 0 Å². The van der Waals surface area contributed by atoms with Crippen molar-refractivity contribution in [2.24, 2.45) is 0 Å². The average molecular weight is 195 g/mol. The van der Waals surface area contributed by atoms with E-state index in [-0.39, 0.29) is 0 Å². The fourth-order valence-corrected chi connectivity index (χ4v) is 1.42. The van der Waals surface area contributed by atoms with Crippen LogP contribution in [0.1, 0.15) is 11.1 Å². The molecule has 74 valence electrons. The molecular weight excluding hydrogens is 182 g/mol. The lowest BCUT2D eigenvalue weighted by Crippen LogP contribution is -1.83. The summed E-state index contributed by atoms with van der Waals surface area (Å²) < 4.78 is 0. The summed E-state index contributed by atoms with van der Waals surface area (Å²) >= 11 is 0. The summed E-state index contributed by atoms with van der Waals surface area (Å²) in [5.41, 5.74) is 8.81. The lowest BCUT2D eigenvalue weighted by Gasteiger charge is -1.95. The average Bonchev–Trinajstić information content (AvgIpc) is 2.28. The normalized spacial score (nSPS) is 10.7. The molecule has 0 unspecified atom stereocenters. The third-order valence-corrected chi connectivity index (χ3v) is 2.18. The standard InChI is InChI=1S/C14H13N/c15-14-8-4-7-13(11-14)10-9-12-5-2-1-3-6-12/h1-11H,15H2/b10-9-. The fraction of sp³-hybridized carbons (Fsp3) is 0. The van der Waals surface area contributed by atoms with Crippen LogP contribution in [0.4, 0.5) is 5.69 Å². The van der Waals surface area contributed by atoms with Crippen molar-refractivity contribution < 1.29 is 0 Å². The number of hydrogen-bond donors (Lipinski definition) is 1. The number of anilines is 1. The van der Waals surface area contributed by atoms with Gasteiger partial charge in [-0.15, -0.1) is 0 Å². The maximum absolute atomic E-state index is 5.69. The van der Waals surface area contributed by atoms with Crippen molar-refractivity contribution in [3.63, 3.8) is 0 Å². The first kappa shape index (κ1) is 9.53. The van der Waals surface area contributed by atoms with Crippen molar-refractivity contribution >= 4 is 17.8 Å². The zero-order valence-corrected chi connectivity index (χ0v) is 8.43. The summed E-state index contributed by atoms with van der Waals surface area (Å²) in [6.45, 7) is 0. The van der Waals surface area contributed by atoms with Crippen LogP contribution in [0.15, 0.2) is 54.6 Å². The Morgan fingerprint density at radius 3 is 2.13 bits per heavy atom. The third-order valence-electron chi connectivity index (χ3n) is 2.18. The van der Waals surface area contributed by atoms with Gasteiger partial charge in [-0.1, -0.05) is 54.6 Å². The van der Waals surface area contributed by atoms with Crippen LogP contribution in [0.25, 0.3) is 12.2 Å². The molecule has 2 N–H and O–H groups in total. The number of rotatable bonds is 2. The van der Waals surface area contributed by atoms with Crippen LogP contribution < -0.4 is 5.73 Å². The molecule has 0 aliphatic carbocycles. The summed E-state index contributed by atoms with van der Waals surface area (Å²) in [5.74, 6) is 0. The third kappa shape index (κ3) is 2.71. The zero-order chi connectivity index (χ0) is 10.5. The summed E-state index contributed by atoms with van der Waals surface area (Å²) in [5, 5.41) is 0. The van der Waals surface area contributed by atoms with Crippen molar-refractivity contribution in [1.29, 1.82) is 0 Å². The largest absolute Gasteiger partial charge is 0.399 e. The van der Waals surface area contributed by atoms with E-state index in [2.05, 4.69) is 24.3 Å². The van der Waals surface area contributed by atoms with Gasteiger partial charge in [-0.2, -0.15) is 0 Å². The van der Waals surface area contributed by atoms with Gasteiger partial charge in [0.25, 0.3) is 0 Å². The zero-order valence-electron chi connectivity index (χ0n) is 8.43. The highest BCUT2D eigenvalue weighted by molar-refractivity contribution is 5.70. The fourth-order valence-electron chi connectivity index (χ4n) is 1.42. The van der Waals surface area contributed by atoms with Crippen molar-refractivity contribution in [1.82, 2.24) is 0 Å². The molecule has 0 bridgehead atoms. The molecule has 0 radical (unpaired) electrons. The minimum atomic E-state index is 0.796. The minimum absolute atomic E-state index is 0.796. The predicted octanol–water partition coefficient (Wildman–Crippen LogP) is 3.44. The SMILES string of the molecule is Nc1cccc(/C=C\c2ccccc2)c1. The Hall–Kier alpha value is -2.02. The Morgan fingerprint density at radius 2 is 1.40 bits per heavy atom. The summed E-state index contributed by atoms with van der Waals surface area (Å²) in [7, 11) is 0. The molecule has 0 saturated carbocycles. The van der Waals surface area contributed by atoms with Crippen molar-refractivity contribution in [2.45, 2.75) is 0 Å². The molecule has 0 aliphatic rings. The second kappa shape index (κ2) is 4.47. The number of nitrogens with two attached hydrogens (primary N) is 1. The van der Waals surface area contributed by atoms with Gasteiger partial charge in [0.15, 0.2) is 0 Å². The molecule has 2 aromatic rings.